The molecule has 0 fully saturated rings. The van der Waals surface area contributed by atoms with E-state index in [4.69, 9.17) is 0 Å². The van der Waals surface area contributed by atoms with E-state index in [-0.39, 0.29) is 0 Å². The summed E-state index contributed by atoms with van der Waals surface area (Å²) in [7, 11) is 3.88. The standard InChI is InChI=1S/C3H11BN2/c1-5-2-3-6-4/h5-6H,2-4H2,1H3. The van der Waals surface area contributed by atoms with Gasteiger partial charge in [-0.05, 0) is 13.6 Å². The normalized spacial score (nSPS) is 8.83. The first-order valence-corrected chi connectivity index (χ1v) is 2.21. The second-order valence-electron chi connectivity index (χ2n) is 1.21. The molecule has 0 heterocycles. The first-order valence-electron chi connectivity index (χ1n) is 2.21. The van der Waals surface area contributed by atoms with Gasteiger partial charge in [-0.1, -0.05) is 0 Å². The Balaban J connectivity index is 2.34. The molecule has 6 heavy (non-hydrogen) atoms. The van der Waals surface area contributed by atoms with Crippen molar-refractivity contribution in [2.24, 2.45) is 0 Å². The van der Waals surface area contributed by atoms with Crippen LogP contribution in [0.4, 0.5) is 0 Å². The van der Waals surface area contributed by atoms with Crippen molar-refractivity contribution in [3.05, 3.63) is 0 Å². The number of hydrogen-bond donors (Lipinski definition) is 2. The molecule has 0 saturated carbocycles. The lowest BCUT2D eigenvalue weighted by Crippen LogP contribution is -2.22. The molecule has 0 radical (unpaired) electrons. The maximum atomic E-state index is 3.01. The van der Waals surface area contributed by atoms with Crippen molar-refractivity contribution in [1.29, 1.82) is 0 Å². The fraction of sp³-hybridized carbons (Fsp3) is 1.00. The van der Waals surface area contributed by atoms with Gasteiger partial charge in [0, 0.05) is 6.54 Å². The van der Waals surface area contributed by atoms with Crippen LogP contribution in [-0.4, -0.2) is 28.1 Å². The van der Waals surface area contributed by atoms with E-state index in [1.165, 1.54) is 0 Å². The van der Waals surface area contributed by atoms with Crippen molar-refractivity contribution >= 4 is 7.98 Å². The van der Waals surface area contributed by atoms with Gasteiger partial charge in [-0.15, -0.1) is 0 Å². The van der Waals surface area contributed by atoms with Gasteiger partial charge in [0.05, 0.1) is 0 Å². The molecule has 0 spiro atoms. The van der Waals surface area contributed by atoms with Crippen LogP contribution >= 0.6 is 0 Å². The predicted octanol–water partition coefficient (Wildman–Crippen LogP) is -1.66. The van der Waals surface area contributed by atoms with Gasteiger partial charge in [-0.2, -0.15) is 0 Å². The van der Waals surface area contributed by atoms with Crippen LogP contribution in [0.2, 0.25) is 0 Å². The van der Waals surface area contributed by atoms with Crippen LogP contribution in [0, 0.1) is 0 Å². The molecule has 2 nitrogen and oxygen atoms in total. The SMILES string of the molecule is BNCCNC. The van der Waals surface area contributed by atoms with Crippen LogP contribution in [0.25, 0.3) is 0 Å². The first kappa shape index (κ1) is 5.98. The molecule has 0 bridgehead atoms. The van der Waals surface area contributed by atoms with Crippen LogP contribution in [-0.2, 0) is 0 Å². The lowest BCUT2D eigenvalue weighted by Gasteiger charge is -1.92. The fourth-order valence-corrected chi connectivity index (χ4v) is 0.250. The molecular weight excluding hydrogens is 74.9 g/mol. The Hall–Kier alpha value is -0.0151. The molecule has 0 aromatic carbocycles. The molecule has 3 heteroatoms. The zero-order valence-corrected chi connectivity index (χ0v) is 4.41. The van der Waals surface area contributed by atoms with Crippen LogP contribution < -0.4 is 10.5 Å². The Morgan fingerprint density at radius 1 is 1.50 bits per heavy atom. The Morgan fingerprint density at radius 3 is 2.33 bits per heavy atom. The van der Waals surface area contributed by atoms with Gasteiger partial charge >= 0.3 is 0 Å². The van der Waals surface area contributed by atoms with E-state index in [9.17, 15) is 0 Å². The number of likely N-dealkylation sites (N-methyl/N-ethyl adjacent to an activating group) is 1. The summed E-state index contributed by atoms with van der Waals surface area (Å²) in [5, 5.41) is 6.01. The number of hydrogen-bond acceptors (Lipinski definition) is 2. The monoisotopic (exact) mass is 86.1 g/mol. The maximum absolute atomic E-state index is 3.01. The van der Waals surface area contributed by atoms with Crippen molar-refractivity contribution in [3.63, 3.8) is 0 Å². The molecule has 2 N–H and O–H groups in total. The molecule has 0 amide bonds. The smallest absolute Gasteiger partial charge is 0.181 e. The zero-order chi connectivity index (χ0) is 4.83. The molecule has 36 valence electrons. The summed E-state index contributed by atoms with van der Waals surface area (Å²) in [4.78, 5) is 0. The Kier molecular flexibility index (Phi) is 4.97. The van der Waals surface area contributed by atoms with Gasteiger partial charge in [0.2, 0.25) is 0 Å². The van der Waals surface area contributed by atoms with Gasteiger partial charge in [0.15, 0.2) is 7.98 Å². The van der Waals surface area contributed by atoms with E-state index in [1.807, 2.05) is 15.0 Å². The third-order valence-corrected chi connectivity index (χ3v) is 0.625. The van der Waals surface area contributed by atoms with E-state index < -0.39 is 0 Å². The minimum absolute atomic E-state index is 1.05. The third-order valence-electron chi connectivity index (χ3n) is 0.625. The van der Waals surface area contributed by atoms with Crippen molar-refractivity contribution in [2.75, 3.05) is 20.1 Å². The lowest BCUT2D eigenvalue weighted by atomic mass is 10.4. The predicted molar refractivity (Wildman–Crippen MR) is 30.5 cm³/mol. The quantitative estimate of drug-likeness (QED) is 0.317. The highest BCUT2D eigenvalue weighted by Gasteiger charge is 1.71. The van der Waals surface area contributed by atoms with E-state index in [2.05, 4.69) is 10.5 Å². The van der Waals surface area contributed by atoms with Crippen molar-refractivity contribution < 1.29 is 0 Å². The van der Waals surface area contributed by atoms with E-state index in [0.29, 0.717) is 0 Å². The van der Waals surface area contributed by atoms with Gasteiger partial charge in [0.25, 0.3) is 0 Å². The summed E-state index contributed by atoms with van der Waals surface area (Å²) in [5.74, 6) is 0. The van der Waals surface area contributed by atoms with Gasteiger partial charge in [0.1, 0.15) is 0 Å². The molecular formula is C3H11BN2. The number of nitrogens with one attached hydrogen (secondary N) is 2. The average molecular weight is 85.9 g/mol. The second kappa shape index (κ2) is 4.98. The third kappa shape index (κ3) is 3.98. The molecule has 0 aliphatic carbocycles. The summed E-state index contributed by atoms with van der Waals surface area (Å²) in [6.45, 7) is 2.10. The van der Waals surface area contributed by atoms with Gasteiger partial charge in [-0.25, -0.2) is 0 Å². The van der Waals surface area contributed by atoms with Crippen LogP contribution in [0.15, 0.2) is 0 Å². The fourth-order valence-electron chi connectivity index (χ4n) is 0.250. The van der Waals surface area contributed by atoms with E-state index in [1.54, 1.807) is 0 Å². The van der Waals surface area contributed by atoms with Crippen LogP contribution in [0.3, 0.4) is 0 Å². The Bertz CT molecular complexity index is 20.8. The molecule has 0 unspecified atom stereocenters. The Morgan fingerprint density at radius 2 is 2.17 bits per heavy atom. The van der Waals surface area contributed by atoms with Crippen LogP contribution in [0.1, 0.15) is 0 Å². The van der Waals surface area contributed by atoms with Gasteiger partial charge < -0.3 is 10.5 Å². The summed E-state index contributed by atoms with van der Waals surface area (Å²) in [5.41, 5.74) is 0. The van der Waals surface area contributed by atoms with E-state index >= 15 is 0 Å². The lowest BCUT2D eigenvalue weighted by molar-refractivity contribution is 0.771. The number of rotatable bonds is 3. The van der Waals surface area contributed by atoms with Gasteiger partial charge in [-0.3, -0.25) is 0 Å². The molecule has 0 atom stereocenters. The topological polar surface area (TPSA) is 24.1 Å². The summed E-state index contributed by atoms with van der Waals surface area (Å²) >= 11 is 0. The molecule has 0 aromatic heterocycles. The summed E-state index contributed by atoms with van der Waals surface area (Å²) in [6.07, 6.45) is 0. The molecule has 0 rings (SSSR count). The second-order valence-corrected chi connectivity index (χ2v) is 1.21. The minimum Gasteiger partial charge on any atom is -0.361 e. The van der Waals surface area contributed by atoms with Crippen molar-refractivity contribution in [2.45, 2.75) is 0 Å². The van der Waals surface area contributed by atoms with E-state index in [0.717, 1.165) is 13.1 Å². The Labute approximate surface area is 39.7 Å². The van der Waals surface area contributed by atoms with Crippen molar-refractivity contribution in [1.82, 2.24) is 10.5 Å². The first-order chi connectivity index (χ1) is 2.91. The highest BCUT2D eigenvalue weighted by atomic mass is 14.9. The highest BCUT2D eigenvalue weighted by Crippen LogP contribution is 1.44. The largest absolute Gasteiger partial charge is 0.361 e. The van der Waals surface area contributed by atoms with Crippen LogP contribution in [0.5, 0.6) is 0 Å². The molecule has 0 aromatic rings. The minimum atomic E-state index is 1.05. The summed E-state index contributed by atoms with van der Waals surface area (Å²) in [6, 6.07) is 0. The molecule has 0 aliphatic heterocycles. The zero-order valence-electron chi connectivity index (χ0n) is 4.41. The molecule has 0 saturated heterocycles. The molecule has 0 aliphatic rings. The maximum Gasteiger partial charge on any atom is 0.181 e. The average Bonchev–Trinajstić information content (AvgIpc) is 1.61. The summed E-state index contributed by atoms with van der Waals surface area (Å²) < 4.78 is 0. The highest BCUT2D eigenvalue weighted by molar-refractivity contribution is 6.04. The van der Waals surface area contributed by atoms with Crippen molar-refractivity contribution in [3.8, 4) is 0 Å².